The van der Waals surface area contributed by atoms with Gasteiger partial charge in [-0.05, 0) is 37.8 Å². The summed E-state index contributed by atoms with van der Waals surface area (Å²) in [6, 6.07) is 6.40. The lowest BCUT2D eigenvalue weighted by atomic mass is 9.93. The SMILES string of the molecule is CC1CCN(C(=O)c2ccccc2F)C(C)C1. The number of rotatable bonds is 1. The summed E-state index contributed by atoms with van der Waals surface area (Å²) in [5.74, 6) is 0.0421. The molecule has 2 atom stereocenters. The average molecular weight is 235 g/mol. The van der Waals surface area contributed by atoms with Crippen molar-refractivity contribution in [1.82, 2.24) is 4.90 Å². The van der Waals surface area contributed by atoms with Crippen LogP contribution in [-0.4, -0.2) is 23.4 Å². The van der Waals surface area contributed by atoms with Crippen LogP contribution in [0.15, 0.2) is 24.3 Å². The lowest BCUT2D eigenvalue weighted by molar-refractivity contribution is 0.0584. The van der Waals surface area contributed by atoms with Crippen molar-refractivity contribution < 1.29 is 9.18 Å². The number of hydrogen-bond acceptors (Lipinski definition) is 1. The van der Waals surface area contributed by atoms with Crippen LogP contribution < -0.4 is 0 Å². The van der Waals surface area contributed by atoms with E-state index in [9.17, 15) is 9.18 Å². The van der Waals surface area contributed by atoms with Gasteiger partial charge in [0.15, 0.2) is 0 Å². The number of piperidine rings is 1. The van der Waals surface area contributed by atoms with Crippen LogP contribution >= 0.6 is 0 Å². The summed E-state index contributed by atoms with van der Waals surface area (Å²) < 4.78 is 13.6. The van der Waals surface area contributed by atoms with Gasteiger partial charge >= 0.3 is 0 Å². The molecule has 0 saturated carbocycles. The first-order chi connectivity index (χ1) is 8.09. The molecular weight excluding hydrogens is 217 g/mol. The first-order valence-corrected chi connectivity index (χ1v) is 6.15. The Morgan fingerprint density at radius 1 is 1.35 bits per heavy atom. The van der Waals surface area contributed by atoms with Crippen molar-refractivity contribution >= 4 is 5.91 Å². The van der Waals surface area contributed by atoms with E-state index in [0.717, 1.165) is 19.4 Å². The molecule has 1 amide bonds. The highest BCUT2D eigenvalue weighted by Gasteiger charge is 2.28. The maximum absolute atomic E-state index is 13.6. The van der Waals surface area contributed by atoms with E-state index in [1.165, 1.54) is 6.07 Å². The minimum absolute atomic E-state index is 0.178. The Hall–Kier alpha value is -1.38. The van der Waals surface area contributed by atoms with E-state index < -0.39 is 5.82 Å². The molecule has 1 aromatic rings. The van der Waals surface area contributed by atoms with Crippen molar-refractivity contribution in [2.75, 3.05) is 6.54 Å². The van der Waals surface area contributed by atoms with E-state index in [0.29, 0.717) is 5.92 Å². The Labute approximate surface area is 101 Å². The largest absolute Gasteiger partial charge is 0.336 e. The van der Waals surface area contributed by atoms with Gasteiger partial charge in [0, 0.05) is 12.6 Å². The number of carbonyl (C=O) groups is 1. The maximum atomic E-state index is 13.6. The third-order valence-electron chi connectivity index (χ3n) is 3.50. The van der Waals surface area contributed by atoms with Gasteiger partial charge in [0.05, 0.1) is 5.56 Å². The van der Waals surface area contributed by atoms with Gasteiger partial charge in [-0.2, -0.15) is 0 Å². The standard InChI is InChI=1S/C14H18FNO/c1-10-7-8-16(11(2)9-10)14(17)12-5-3-4-6-13(12)15/h3-6,10-11H,7-9H2,1-2H3. The Morgan fingerprint density at radius 3 is 2.71 bits per heavy atom. The molecular formula is C14H18FNO. The monoisotopic (exact) mass is 235 g/mol. The number of hydrogen-bond donors (Lipinski definition) is 0. The molecule has 2 nitrogen and oxygen atoms in total. The molecule has 3 heteroatoms. The van der Waals surface area contributed by atoms with E-state index in [-0.39, 0.29) is 17.5 Å². The number of benzene rings is 1. The molecule has 0 bridgehead atoms. The van der Waals surface area contributed by atoms with Crippen LogP contribution in [0.1, 0.15) is 37.0 Å². The van der Waals surface area contributed by atoms with E-state index in [1.54, 1.807) is 23.1 Å². The summed E-state index contributed by atoms with van der Waals surface area (Å²) in [7, 11) is 0. The highest BCUT2D eigenvalue weighted by Crippen LogP contribution is 2.24. The Balaban J connectivity index is 2.18. The third kappa shape index (κ3) is 2.48. The molecule has 92 valence electrons. The molecule has 0 aliphatic carbocycles. The zero-order valence-electron chi connectivity index (χ0n) is 10.3. The van der Waals surface area contributed by atoms with Gasteiger partial charge in [-0.1, -0.05) is 19.1 Å². The fourth-order valence-electron chi connectivity index (χ4n) is 2.50. The van der Waals surface area contributed by atoms with Gasteiger partial charge in [-0.25, -0.2) is 4.39 Å². The molecule has 1 saturated heterocycles. The van der Waals surface area contributed by atoms with Crippen molar-refractivity contribution in [3.8, 4) is 0 Å². The van der Waals surface area contributed by atoms with Crippen LogP contribution in [-0.2, 0) is 0 Å². The van der Waals surface area contributed by atoms with Gasteiger partial charge in [0.1, 0.15) is 5.82 Å². The molecule has 2 unspecified atom stereocenters. The Kier molecular flexibility index (Phi) is 3.46. The number of amides is 1. The summed E-state index contributed by atoms with van der Waals surface area (Å²) in [5.41, 5.74) is 0.189. The van der Waals surface area contributed by atoms with Crippen LogP contribution in [0.4, 0.5) is 4.39 Å². The second-order valence-corrected chi connectivity index (χ2v) is 4.96. The van der Waals surface area contributed by atoms with E-state index in [1.807, 2.05) is 6.92 Å². The highest BCUT2D eigenvalue weighted by molar-refractivity contribution is 5.94. The molecule has 0 N–H and O–H groups in total. The molecule has 1 aliphatic rings. The first-order valence-electron chi connectivity index (χ1n) is 6.15. The van der Waals surface area contributed by atoms with Gasteiger partial charge in [-0.3, -0.25) is 4.79 Å². The Bertz CT molecular complexity index is 418. The van der Waals surface area contributed by atoms with E-state index in [2.05, 4.69) is 6.92 Å². The second kappa shape index (κ2) is 4.86. The molecule has 2 rings (SSSR count). The molecule has 1 fully saturated rings. The van der Waals surface area contributed by atoms with Crippen LogP contribution in [0.2, 0.25) is 0 Å². The fourth-order valence-corrected chi connectivity index (χ4v) is 2.50. The minimum Gasteiger partial charge on any atom is -0.336 e. The van der Waals surface area contributed by atoms with E-state index in [4.69, 9.17) is 0 Å². The highest BCUT2D eigenvalue weighted by atomic mass is 19.1. The van der Waals surface area contributed by atoms with E-state index >= 15 is 0 Å². The predicted molar refractivity (Wildman–Crippen MR) is 65.3 cm³/mol. The molecule has 17 heavy (non-hydrogen) atoms. The lowest BCUT2D eigenvalue weighted by Crippen LogP contribution is -2.44. The number of nitrogens with zero attached hydrogens (tertiary/aromatic N) is 1. The topological polar surface area (TPSA) is 20.3 Å². The summed E-state index contributed by atoms with van der Waals surface area (Å²) in [4.78, 5) is 14.0. The number of halogens is 1. The van der Waals surface area contributed by atoms with Gasteiger partial charge in [0.2, 0.25) is 0 Å². The van der Waals surface area contributed by atoms with Crippen molar-refractivity contribution in [3.05, 3.63) is 35.6 Å². The minimum atomic E-state index is -0.427. The first kappa shape index (κ1) is 12.1. The zero-order valence-corrected chi connectivity index (χ0v) is 10.3. The summed E-state index contributed by atoms with van der Waals surface area (Å²) in [5, 5.41) is 0. The summed E-state index contributed by atoms with van der Waals surface area (Å²) >= 11 is 0. The molecule has 0 aromatic heterocycles. The summed E-state index contributed by atoms with van der Waals surface area (Å²) in [6.07, 6.45) is 2.00. The lowest BCUT2D eigenvalue weighted by Gasteiger charge is -2.36. The summed E-state index contributed by atoms with van der Waals surface area (Å²) in [6.45, 7) is 4.96. The van der Waals surface area contributed by atoms with Crippen LogP contribution in [0.25, 0.3) is 0 Å². The quantitative estimate of drug-likeness (QED) is 0.732. The second-order valence-electron chi connectivity index (χ2n) is 4.96. The zero-order chi connectivity index (χ0) is 12.4. The third-order valence-corrected chi connectivity index (χ3v) is 3.50. The van der Waals surface area contributed by atoms with Crippen LogP contribution in [0.5, 0.6) is 0 Å². The van der Waals surface area contributed by atoms with Gasteiger partial charge in [0.25, 0.3) is 5.91 Å². The van der Waals surface area contributed by atoms with Gasteiger partial charge in [-0.15, -0.1) is 0 Å². The van der Waals surface area contributed by atoms with Crippen molar-refractivity contribution in [2.24, 2.45) is 5.92 Å². The number of likely N-dealkylation sites (tertiary alicyclic amines) is 1. The molecule has 0 radical (unpaired) electrons. The fraction of sp³-hybridized carbons (Fsp3) is 0.500. The molecule has 0 spiro atoms. The normalized spacial score (nSPS) is 24.8. The Morgan fingerprint density at radius 2 is 2.06 bits per heavy atom. The van der Waals surface area contributed by atoms with Gasteiger partial charge < -0.3 is 4.90 Å². The predicted octanol–water partition coefficient (Wildman–Crippen LogP) is 3.09. The maximum Gasteiger partial charge on any atom is 0.257 e. The van der Waals surface area contributed by atoms with Crippen molar-refractivity contribution in [1.29, 1.82) is 0 Å². The van der Waals surface area contributed by atoms with Crippen molar-refractivity contribution in [3.63, 3.8) is 0 Å². The smallest absolute Gasteiger partial charge is 0.257 e. The van der Waals surface area contributed by atoms with Crippen LogP contribution in [0.3, 0.4) is 0 Å². The average Bonchev–Trinajstić information content (AvgIpc) is 2.29. The number of carbonyl (C=O) groups excluding carboxylic acids is 1. The van der Waals surface area contributed by atoms with Crippen molar-refractivity contribution in [2.45, 2.75) is 32.7 Å². The molecule has 1 aromatic carbocycles. The van der Waals surface area contributed by atoms with Crippen LogP contribution in [0, 0.1) is 11.7 Å². The molecule has 1 aliphatic heterocycles. The molecule has 1 heterocycles.